The predicted octanol–water partition coefficient (Wildman–Crippen LogP) is 4.26. The first-order valence-electron chi connectivity index (χ1n) is 8.32. The van der Waals surface area contributed by atoms with Crippen molar-refractivity contribution in [2.45, 2.75) is 6.92 Å². The van der Waals surface area contributed by atoms with Crippen molar-refractivity contribution >= 4 is 57.1 Å². The number of amides is 2. The molecule has 1 aromatic heterocycles. The number of hydrogen-bond donors (Lipinski definition) is 3. The van der Waals surface area contributed by atoms with E-state index in [4.69, 9.17) is 23.2 Å². The van der Waals surface area contributed by atoms with Crippen molar-refractivity contribution in [3.05, 3.63) is 82.9 Å². The summed E-state index contributed by atoms with van der Waals surface area (Å²) in [7, 11) is 0. The standard InChI is InChI=1S/C19H13BrCl2N4O4/c1-9-6-11(3-4-13(9)20)26-17(28)12(16(27)25-19(26)30)8-23-18(29)24-10-2-5-14(21)15(22)7-10/h2-8,28H,1H3,(H,24,29)(H,25,27,30). The summed E-state index contributed by atoms with van der Waals surface area (Å²) in [6, 6.07) is 8.52. The van der Waals surface area contributed by atoms with Crippen LogP contribution in [0.5, 0.6) is 5.88 Å². The van der Waals surface area contributed by atoms with Gasteiger partial charge in [-0.05, 0) is 48.9 Å². The number of halogens is 3. The van der Waals surface area contributed by atoms with E-state index in [-0.39, 0.29) is 10.6 Å². The number of nitrogens with one attached hydrogen (secondary N) is 2. The van der Waals surface area contributed by atoms with Gasteiger partial charge in [0.25, 0.3) is 5.56 Å². The van der Waals surface area contributed by atoms with Crippen LogP contribution in [0.15, 0.2) is 55.5 Å². The van der Waals surface area contributed by atoms with Gasteiger partial charge in [-0.2, -0.15) is 0 Å². The molecule has 30 heavy (non-hydrogen) atoms. The van der Waals surface area contributed by atoms with Crippen LogP contribution in [-0.4, -0.2) is 26.9 Å². The summed E-state index contributed by atoms with van der Waals surface area (Å²) in [4.78, 5) is 42.1. The van der Waals surface area contributed by atoms with Gasteiger partial charge in [-0.15, -0.1) is 0 Å². The number of carbonyl (C=O) groups excluding carboxylic acids is 1. The Hall–Kier alpha value is -2.88. The molecular formula is C19H13BrCl2N4O4. The average molecular weight is 512 g/mol. The molecular weight excluding hydrogens is 499 g/mol. The number of H-pyrrole nitrogens is 1. The van der Waals surface area contributed by atoms with Crippen molar-refractivity contribution in [1.29, 1.82) is 0 Å². The molecule has 0 aliphatic heterocycles. The van der Waals surface area contributed by atoms with Crippen LogP contribution in [-0.2, 0) is 0 Å². The molecule has 0 unspecified atom stereocenters. The lowest BCUT2D eigenvalue weighted by Crippen LogP contribution is -2.31. The highest BCUT2D eigenvalue weighted by atomic mass is 79.9. The fraction of sp³-hybridized carbons (Fsp3) is 0.0526. The number of urea groups is 1. The number of aliphatic imine (C=N–C) groups is 1. The van der Waals surface area contributed by atoms with Crippen molar-refractivity contribution < 1.29 is 9.90 Å². The first-order valence-corrected chi connectivity index (χ1v) is 9.87. The van der Waals surface area contributed by atoms with Gasteiger partial charge in [0.1, 0.15) is 5.56 Å². The van der Waals surface area contributed by atoms with Gasteiger partial charge < -0.3 is 10.4 Å². The zero-order chi connectivity index (χ0) is 22.0. The average Bonchev–Trinajstić information content (AvgIpc) is 2.67. The van der Waals surface area contributed by atoms with Crippen LogP contribution in [0.2, 0.25) is 10.0 Å². The minimum absolute atomic E-state index is 0.240. The monoisotopic (exact) mass is 510 g/mol. The van der Waals surface area contributed by atoms with E-state index in [0.717, 1.165) is 20.8 Å². The van der Waals surface area contributed by atoms with Crippen LogP contribution in [0.25, 0.3) is 5.69 Å². The highest BCUT2D eigenvalue weighted by molar-refractivity contribution is 9.10. The molecule has 2 amide bonds. The topological polar surface area (TPSA) is 117 Å². The Morgan fingerprint density at radius 1 is 1.20 bits per heavy atom. The summed E-state index contributed by atoms with van der Waals surface area (Å²) in [5.74, 6) is -0.656. The van der Waals surface area contributed by atoms with Crippen LogP contribution >= 0.6 is 39.1 Å². The predicted molar refractivity (Wildman–Crippen MR) is 120 cm³/mol. The molecule has 0 spiro atoms. The maximum Gasteiger partial charge on any atom is 0.345 e. The van der Waals surface area contributed by atoms with Gasteiger partial charge in [-0.3, -0.25) is 9.78 Å². The van der Waals surface area contributed by atoms with Crippen LogP contribution < -0.4 is 16.6 Å². The molecule has 3 aromatic rings. The van der Waals surface area contributed by atoms with Crippen molar-refractivity contribution in [1.82, 2.24) is 9.55 Å². The second kappa shape index (κ2) is 8.86. The van der Waals surface area contributed by atoms with Gasteiger partial charge in [-0.1, -0.05) is 39.1 Å². The zero-order valence-corrected chi connectivity index (χ0v) is 18.3. The third-order valence-electron chi connectivity index (χ3n) is 4.00. The van der Waals surface area contributed by atoms with Gasteiger partial charge in [0.2, 0.25) is 5.88 Å². The van der Waals surface area contributed by atoms with Crippen LogP contribution in [0.4, 0.5) is 10.5 Å². The largest absolute Gasteiger partial charge is 0.493 e. The number of aryl methyl sites for hydroxylation is 1. The Kier molecular flexibility index (Phi) is 6.45. The quantitative estimate of drug-likeness (QED) is 0.455. The second-order valence-electron chi connectivity index (χ2n) is 6.08. The Balaban J connectivity index is 1.94. The molecule has 8 nitrogen and oxygen atoms in total. The van der Waals surface area contributed by atoms with Gasteiger partial charge in [0, 0.05) is 10.2 Å². The number of rotatable bonds is 3. The Morgan fingerprint density at radius 3 is 2.60 bits per heavy atom. The minimum atomic E-state index is -0.895. The van der Waals surface area contributed by atoms with Crippen LogP contribution in [0.1, 0.15) is 11.1 Å². The fourth-order valence-electron chi connectivity index (χ4n) is 2.52. The number of benzene rings is 2. The lowest BCUT2D eigenvalue weighted by Gasteiger charge is -2.11. The molecule has 0 saturated heterocycles. The molecule has 0 saturated carbocycles. The normalized spacial score (nSPS) is 11.1. The molecule has 154 valence electrons. The SMILES string of the molecule is Cc1cc(-n2c(O)c(C=NC(=O)Nc3ccc(Cl)c(Cl)c3)c(=O)[nH]c2=O)ccc1Br. The molecule has 0 bridgehead atoms. The molecule has 11 heteroatoms. The Labute approximate surface area is 187 Å². The summed E-state index contributed by atoms with van der Waals surface area (Å²) in [6.45, 7) is 1.80. The van der Waals surface area contributed by atoms with Crippen LogP contribution in [0.3, 0.4) is 0 Å². The molecule has 0 atom stereocenters. The number of anilines is 1. The van der Waals surface area contributed by atoms with Gasteiger partial charge in [0.05, 0.1) is 21.9 Å². The lowest BCUT2D eigenvalue weighted by molar-refractivity contribution is 0.259. The van der Waals surface area contributed by atoms with Crippen molar-refractivity contribution in [3.8, 4) is 11.6 Å². The highest BCUT2D eigenvalue weighted by Gasteiger charge is 2.15. The number of aromatic nitrogens is 2. The van der Waals surface area contributed by atoms with E-state index in [0.29, 0.717) is 16.4 Å². The number of carbonyl (C=O) groups is 1. The van der Waals surface area contributed by atoms with E-state index in [1.54, 1.807) is 25.1 Å². The summed E-state index contributed by atoms with van der Waals surface area (Å²) < 4.78 is 1.71. The number of nitrogens with zero attached hydrogens (tertiary/aromatic N) is 2. The number of aromatic hydroxyl groups is 1. The third kappa shape index (κ3) is 4.64. The van der Waals surface area contributed by atoms with Crippen LogP contribution in [0, 0.1) is 6.92 Å². The lowest BCUT2D eigenvalue weighted by atomic mass is 10.2. The molecule has 0 aliphatic carbocycles. The van der Waals surface area contributed by atoms with Gasteiger partial charge >= 0.3 is 11.7 Å². The molecule has 3 N–H and O–H groups in total. The van der Waals surface area contributed by atoms with E-state index >= 15 is 0 Å². The second-order valence-corrected chi connectivity index (χ2v) is 7.75. The fourth-order valence-corrected chi connectivity index (χ4v) is 3.06. The Morgan fingerprint density at radius 2 is 1.93 bits per heavy atom. The van der Waals surface area contributed by atoms with Crippen molar-refractivity contribution in [3.63, 3.8) is 0 Å². The number of aromatic amines is 1. The maximum atomic E-state index is 12.2. The molecule has 3 rings (SSSR count). The summed E-state index contributed by atoms with van der Waals surface area (Å²) in [6.07, 6.45) is 0.864. The molecule has 0 aliphatic rings. The van der Waals surface area contributed by atoms with E-state index in [2.05, 4.69) is 31.2 Å². The summed E-state index contributed by atoms with van der Waals surface area (Å²) in [5, 5.41) is 13.5. The maximum absolute atomic E-state index is 12.2. The van der Waals surface area contributed by atoms with Gasteiger partial charge in [0.15, 0.2) is 0 Å². The Bertz CT molecular complexity index is 1300. The van der Waals surface area contributed by atoms with E-state index in [1.807, 2.05) is 0 Å². The minimum Gasteiger partial charge on any atom is -0.493 e. The van der Waals surface area contributed by atoms with Gasteiger partial charge in [-0.25, -0.2) is 19.1 Å². The summed E-state index contributed by atoms with van der Waals surface area (Å²) in [5.41, 5.74) is -0.629. The van der Waals surface area contributed by atoms with Crippen molar-refractivity contribution in [2.24, 2.45) is 4.99 Å². The molecule has 2 aromatic carbocycles. The molecule has 0 radical (unpaired) electrons. The molecule has 0 fully saturated rings. The highest BCUT2D eigenvalue weighted by Crippen LogP contribution is 2.25. The first kappa shape index (κ1) is 21.8. The number of hydrogen-bond acceptors (Lipinski definition) is 4. The van der Waals surface area contributed by atoms with E-state index in [1.165, 1.54) is 18.2 Å². The van der Waals surface area contributed by atoms with Crippen molar-refractivity contribution in [2.75, 3.05) is 5.32 Å². The van der Waals surface area contributed by atoms with E-state index in [9.17, 15) is 19.5 Å². The zero-order valence-electron chi connectivity index (χ0n) is 15.2. The van der Waals surface area contributed by atoms with E-state index < -0.39 is 23.2 Å². The smallest absolute Gasteiger partial charge is 0.345 e. The summed E-state index contributed by atoms with van der Waals surface area (Å²) >= 11 is 15.1. The third-order valence-corrected chi connectivity index (χ3v) is 5.63. The molecule has 1 heterocycles. The first-order chi connectivity index (χ1) is 14.2.